The van der Waals surface area contributed by atoms with Crippen LogP contribution in [0.15, 0.2) is 35.5 Å². The molecule has 1 aliphatic rings. The van der Waals surface area contributed by atoms with Crippen molar-refractivity contribution < 1.29 is 13.2 Å². The molecule has 1 N–H and O–H groups in total. The molecule has 0 aliphatic carbocycles. The van der Waals surface area contributed by atoms with Gasteiger partial charge in [0.1, 0.15) is 17.9 Å². The van der Waals surface area contributed by atoms with E-state index in [1.807, 2.05) is 4.68 Å². The maximum absolute atomic E-state index is 12.4. The molecule has 7 nitrogen and oxygen atoms in total. The molecule has 0 fully saturated rings. The number of methoxy groups -OCH3 is 1. The average Bonchev–Trinajstić information content (AvgIpc) is 3.02. The zero-order valence-electron chi connectivity index (χ0n) is 13.0. The summed E-state index contributed by atoms with van der Waals surface area (Å²) in [4.78, 5) is 4.48. The summed E-state index contributed by atoms with van der Waals surface area (Å²) in [6.07, 6.45) is 3.36. The van der Waals surface area contributed by atoms with Gasteiger partial charge in [-0.15, -0.1) is 0 Å². The predicted molar refractivity (Wildman–Crippen MR) is 85.2 cm³/mol. The highest BCUT2D eigenvalue weighted by atomic mass is 32.2. The first-order chi connectivity index (χ1) is 11.1. The van der Waals surface area contributed by atoms with Crippen LogP contribution in [0.3, 0.4) is 0 Å². The quantitative estimate of drug-likeness (QED) is 0.834. The van der Waals surface area contributed by atoms with Crippen LogP contribution in [-0.4, -0.2) is 48.6 Å². The summed E-state index contributed by atoms with van der Waals surface area (Å²) in [6, 6.07) is 6.80. The molecule has 3 rings (SSSR count). The van der Waals surface area contributed by atoms with Gasteiger partial charge >= 0.3 is 0 Å². The van der Waals surface area contributed by atoms with Crippen molar-refractivity contribution in [3.05, 3.63) is 36.4 Å². The summed E-state index contributed by atoms with van der Waals surface area (Å²) in [6.45, 7) is 1.14. The van der Waals surface area contributed by atoms with E-state index < -0.39 is 9.84 Å². The van der Waals surface area contributed by atoms with Gasteiger partial charge in [0.2, 0.25) is 0 Å². The summed E-state index contributed by atoms with van der Waals surface area (Å²) in [5.41, 5.74) is 0. The van der Waals surface area contributed by atoms with Crippen LogP contribution in [0.2, 0.25) is 0 Å². The Labute approximate surface area is 135 Å². The Morgan fingerprint density at radius 2 is 2.30 bits per heavy atom. The number of ether oxygens (including phenoxy) is 1. The van der Waals surface area contributed by atoms with Gasteiger partial charge in [-0.25, -0.2) is 18.1 Å². The van der Waals surface area contributed by atoms with E-state index in [9.17, 15) is 8.42 Å². The topological polar surface area (TPSA) is 86.1 Å². The monoisotopic (exact) mass is 336 g/mol. The fourth-order valence-electron chi connectivity index (χ4n) is 2.71. The van der Waals surface area contributed by atoms with Crippen molar-refractivity contribution in [2.75, 3.05) is 19.4 Å². The highest BCUT2D eigenvalue weighted by Gasteiger charge is 2.20. The van der Waals surface area contributed by atoms with Gasteiger partial charge in [0, 0.05) is 19.0 Å². The third kappa shape index (κ3) is 3.70. The summed E-state index contributed by atoms with van der Waals surface area (Å²) in [5, 5.41) is 7.47. The van der Waals surface area contributed by atoms with Gasteiger partial charge in [-0.05, 0) is 24.6 Å². The number of hydrogen-bond donors (Lipinski definition) is 1. The Kier molecular flexibility index (Phi) is 4.63. The molecule has 124 valence electrons. The van der Waals surface area contributed by atoms with Crippen LogP contribution in [0.25, 0.3) is 0 Å². The van der Waals surface area contributed by atoms with E-state index in [0.29, 0.717) is 17.2 Å². The Bertz CT molecular complexity index is 773. The number of sulfone groups is 1. The number of hydrogen-bond acceptors (Lipinski definition) is 6. The van der Waals surface area contributed by atoms with Gasteiger partial charge in [-0.3, -0.25) is 0 Å². The van der Waals surface area contributed by atoms with Crippen LogP contribution in [0.5, 0.6) is 5.75 Å². The number of fused-ring (bicyclic) bond motifs is 1. The molecule has 2 aromatic rings. The molecule has 1 aromatic carbocycles. The molecular formula is C15H20N4O3S. The largest absolute Gasteiger partial charge is 0.497 e. The number of nitrogens with one attached hydrogen (secondary N) is 1. The van der Waals surface area contributed by atoms with Crippen molar-refractivity contribution in [2.45, 2.75) is 30.3 Å². The number of benzene rings is 1. The standard InChI is InChI=1S/C15H20N4O3S/c1-22-13-3-2-4-14(9-13)23(20,21)8-7-16-12-5-6-15-17-11-18-19(15)10-12/h2-4,9,11-12,16H,5-8,10H2,1H3/t12-/m0/s1. The number of aromatic nitrogens is 3. The molecule has 1 aromatic heterocycles. The van der Waals surface area contributed by atoms with Gasteiger partial charge in [0.15, 0.2) is 9.84 Å². The number of aryl methyl sites for hydroxylation is 1. The minimum atomic E-state index is -3.32. The number of rotatable bonds is 6. The summed E-state index contributed by atoms with van der Waals surface area (Å²) >= 11 is 0. The van der Waals surface area contributed by atoms with Crippen LogP contribution < -0.4 is 10.1 Å². The second kappa shape index (κ2) is 6.67. The highest BCUT2D eigenvalue weighted by molar-refractivity contribution is 7.91. The normalized spacial score (nSPS) is 17.7. The van der Waals surface area contributed by atoms with Gasteiger partial charge in [-0.1, -0.05) is 6.07 Å². The molecule has 2 heterocycles. The van der Waals surface area contributed by atoms with Crippen molar-refractivity contribution in [1.29, 1.82) is 0 Å². The fourth-order valence-corrected chi connectivity index (χ4v) is 3.92. The lowest BCUT2D eigenvalue weighted by Crippen LogP contribution is -2.40. The van der Waals surface area contributed by atoms with E-state index in [2.05, 4.69) is 15.4 Å². The van der Waals surface area contributed by atoms with Crippen LogP contribution in [-0.2, 0) is 22.8 Å². The third-order valence-electron chi connectivity index (χ3n) is 4.01. The van der Waals surface area contributed by atoms with Crippen LogP contribution in [0.4, 0.5) is 0 Å². The molecule has 0 amide bonds. The molecule has 1 atom stereocenters. The average molecular weight is 336 g/mol. The summed E-state index contributed by atoms with van der Waals surface area (Å²) < 4.78 is 31.7. The fraction of sp³-hybridized carbons (Fsp3) is 0.467. The lowest BCUT2D eigenvalue weighted by Gasteiger charge is -2.23. The zero-order valence-corrected chi connectivity index (χ0v) is 13.8. The Balaban J connectivity index is 1.55. The smallest absolute Gasteiger partial charge is 0.179 e. The lowest BCUT2D eigenvalue weighted by molar-refractivity contribution is 0.365. The molecular weight excluding hydrogens is 316 g/mol. The van der Waals surface area contributed by atoms with Crippen LogP contribution in [0.1, 0.15) is 12.2 Å². The minimum absolute atomic E-state index is 0.0564. The van der Waals surface area contributed by atoms with Gasteiger partial charge < -0.3 is 10.1 Å². The SMILES string of the molecule is COc1cccc(S(=O)(=O)CCN[C@H]2CCc3ncnn3C2)c1. The van der Waals surface area contributed by atoms with Crippen molar-refractivity contribution in [3.63, 3.8) is 0 Å². The molecule has 0 saturated carbocycles. The van der Waals surface area contributed by atoms with Crippen molar-refractivity contribution in [1.82, 2.24) is 20.1 Å². The third-order valence-corrected chi connectivity index (χ3v) is 5.72. The highest BCUT2D eigenvalue weighted by Crippen LogP contribution is 2.18. The number of nitrogens with zero attached hydrogens (tertiary/aromatic N) is 3. The van der Waals surface area contributed by atoms with E-state index in [1.54, 1.807) is 30.6 Å². The maximum Gasteiger partial charge on any atom is 0.179 e. The van der Waals surface area contributed by atoms with E-state index in [1.165, 1.54) is 7.11 Å². The van der Waals surface area contributed by atoms with Gasteiger partial charge in [-0.2, -0.15) is 5.10 Å². The molecule has 0 spiro atoms. The summed E-state index contributed by atoms with van der Waals surface area (Å²) in [5.74, 6) is 1.60. The van der Waals surface area contributed by atoms with E-state index in [4.69, 9.17) is 4.74 Å². The second-order valence-electron chi connectivity index (χ2n) is 5.55. The Hall–Kier alpha value is -1.93. The Morgan fingerprint density at radius 1 is 1.43 bits per heavy atom. The van der Waals surface area contributed by atoms with Crippen LogP contribution >= 0.6 is 0 Å². The van der Waals surface area contributed by atoms with Crippen molar-refractivity contribution >= 4 is 9.84 Å². The molecule has 0 unspecified atom stereocenters. The van der Waals surface area contributed by atoms with Crippen molar-refractivity contribution in [2.24, 2.45) is 0 Å². The first kappa shape index (κ1) is 15.9. The zero-order chi connectivity index (χ0) is 16.3. The minimum Gasteiger partial charge on any atom is -0.497 e. The molecule has 1 aliphatic heterocycles. The van der Waals surface area contributed by atoms with Gasteiger partial charge in [0.25, 0.3) is 0 Å². The first-order valence-electron chi connectivity index (χ1n) is 7.55. The summed E-state index contributed by atoms with van der Waals surface area (Å²) in [7, 11) is -1.80. The van der Waals surface area contributed by atoms with Gasteiger partial charge in [0.05, 0.1) is 24.3 Å². The Morgan fingerprint density at radius 3 is 3.13 bits per heavy atom. The molecule has 23 heavy (non-hydrogen) atoms. The molecule has 0 bridgehead atoms. The van der Waals surface area contributed by atoms with E-state index in [-0.39, 0.29) is 11.8 Å². The second-order valence-corrected chi connectivity index (χ2v) is 7.66. The van der Waals surface area contributed by atoms with E-state index in [0.717, 1.165) is 25.2 Å². The molecule has 8 heteroatoms. The predicted octanol–water partition coefficient (Wildman–Crippen LogP) is 0.665. The molecule has 0 saturated heterocycles. The maximum atomic E-state index is 12.4. The van der Waals surface area contributed by atoms with Crippen molar-refractivity contribution in [3.8, 4) is 5.75 Å². The first-order valence-corrected chi connectivity index (χ1v) is 9.20. The molecule has 0 radical (unpaired) electrons. The lowest BCUT2D eigenvalue weighted by atomic mass is 10.1. The van der Waals surface area contributed by atoms with E-state index >= 15 is 0 Å². The van der Waals surface area contributed by atoms with Crippen LogP contribution in [0, 0.1) is 0 Å².